The van der Waals surface area contributed by atoms with Crippen molar-refractivity contribution in [3.05, 3.63) is 59.4 Å². The van der Waals surface area contributed by atoms with Crippen molar-refractivity contribution in [3.8, 4) is 11.5 Å². The maximum absolute atomic E-state index is 13.2. The van der Waals surface area contributed by atoms with Crippen molar-refractivity contribution in [2.45, 2.75) is 19.5 Å². The Morgan fingerprint density at radius 3 is 2.71 bits per heavy atom. The van der Waals surface area contributed by atoms with Crippen LogP contribution in [0.2, 0.25) is 0 Å². The van der Waals surface area contributed by atoms with Gasteiger partial charge in [-0.15, -0.1) is 0 Å². The monoisotopic (exact) mass is 287 g/mol. The summed E-state index contributed by atoms with van der Waals surface area (Å²) in [6, 6.07) is 12.7. The molecule has 1 N–H and O–H groups in total. The zero-order valence-electron chi connectivity index (χ0n) is 11.9. The van der Waals surface area contributed by atoms with E-state index >= 15 is 0 Å². The van der Waals surface area contributed by atoms with Gasteiger partial charge in [-0.3, -0.25) is 0 Å². The SMILES string of the molecule is C[C@H](NCc1ccc2c(c1)OCCO2)c1cccc(F)c1. The molecule has 2 aromatic carbocycles. The largest absolute Gasteiger partial charge is 0.486 e. The molecule has 3 rings (SSSR count). The Hall–Kier alpha value is -2.07. The molecule has 0 spiro atoms. The van der Waals surface area contributed by atoms with Gasteiger partial charge in [-0.1, -0.05) is 18.2 Å². The van der Waals surface area contributed by atoms with Crippen LogP contribution in [0.5, 0.6) is 11.5 Å². The Morgan fingerprint density at radius 1 is 1.10 bits per heavy atom. The van der Waals surface area contributed by atoms with Gasteiger partial charge in [0.25, 0.3) is 0 Å². The van der Waals surface area contributed by atoms with Crippen LogP contribution in [0.25, 0.3) is 0 Å². The lowest BCUT2D eigenvalue weighted by atomic mass is 10.1. The average molecular weight is 287 g/mol. The molecule has 0 fully saturated rings. The first kappa shape index (κ1) is 13.9. The van der Waals surface area contributed by atoms with Gasteiger partial charge in [-0.05, 0) is 42.3 Å². The zero-order chi connectivity index (χ0) is 14.7. The summed E-state index contributed by atoms with van der Waals surface area (Å²) in [6.45, 7) is 3.89. The molecule has 0 amide bonds. The Morgan fingerprint density at radius 2 is 1.90 bits per heavy atom. The van der Waals surface area contributed by atoms with Gasteiger partial charge in [0.2, 0.25) is 0 Å². The van der Waals surface area contributed by atoms with E-state index in [0.717, 1.165) is 22.6 Å². The summed E-state index contributed by atoms with van der Waals surface area (Å²) in [4.78, 5) is 0. The molecule has 4 heteroatoms. The number of halogens is 1. The minimum absolute atomic E-state index is 0.0777. The topological polar surface area (TPSA) is 30.5 Å². The molecular weight excluding hydrogens is 269 g/mol. The van der Waals surface area contributed by atoms with Crippen molar-refractivity contribution < 1.29 is 13.9 Å². The molecule has 1 aliphatic heterocycles. The second-order valence-electron chi connectivity index (χ2n) is 5.14. The van der Waals surface area contributed by atoms with E-state index in [1.165, 1.54) is 6.07 Å². The van der Waals surface area contributed by atoms with Crippen LogP contribution in [0.4, 0.5) is 4.39 Å². The number of nitrogens with one attached hydrogen (secondary N) is 1. The fraction of sp³-hybridized carbons (Fsp3) is 0.294. The molecule has 0 unspecified atom stereocenters. The molecule has 110 valence electrons. The highest BCUT2D eigenvalue weighted by molar-refractivity contribution is 5.43. The number of hydrogen-bond donors (Lipinski definition) is 1. The molecule has 0 saturated heterocycles. The summed E-state index contributed by atoms with van der Waals surface area (Å²) in [7, 11) is 0. The van der Waals surface area contributed by atoms with Crippen molar-refractivity contribution in [1.29, 1.82) is 0 Å². The lowest BCUT2D eigenvalue weighted by molar-refractivity contribution is 0.171. The Labute approximate surface area is 123 Å². The number of rotatable bonds is 4. The van der Waals surface area contributed by atoms with Gasteiger partial charge in [-0.2, -0.15) is 0 Å². The number of benzene rings is 2. The van der Waals surface area contributed by atoms with E-state index in [1.807, 2.05) is 31.2 Å². The highest BCUT2D eigenvalue weighted by Gasteiger charge is 2.12. The van der Waals surface area contributed by atoms with Crippen molar-refractivity contribution in [2.24, 2.45) is 0 Å². The van der Waals surface area contributed by atoms with Gasteiger partial charge in [0.15, 0.2) is 11.5 Å². The lowest BCUT2D eigenvalue weighted by Gasteiger charge is -2.20. The van der Waals surface area contributed by atoms with Gasteiger partial charge in [0, 0.05) is 12.6 Å². The fourth-order valence-electron chi connectivity index (χ4n) is 2.36. The van der Waals surface area contributed by atoms with Crippen LogP contribution in [0.3, 0.4) is 0 Å². The second kappa shape index (κ2) is 6.14. The van der Waals surface area contributed by atoms with E-state index in [2.05, 4.69) is 5.32 Å². The number of ether oxygens (including phenoxy) is 2. The van der Waals surface area contributed by atoms with Crippen LogP contribution in [0.1, 0.15) is 24.1 Å². The van der Waals surface area contributed by atoms with Crippen LogP contribution in [0, 0.1) is 5.82 Å². The predicted molar refractivity (Wildman–Crippen MR) is 79.1 cm³/mol. The summed E-state index contributed by atoms with van der Waals surface area (Å²) >= 11 is 0. The third kappa shape index (κ3) is 3.34. The summed E-state index contributed by atoms with van der Waals surface area (Å²) in [5.41, 5.74) is 2.05. The zero-order valence-corrected chi connectivity index (χ0v) is 11.9. The van der Waals surface area contributed by atoms with E-state index in [-0.39, 0.29) is 11.9 Å². The van der Waals surface area contributed by atoms with E-state index in [4.69, 9.17) is 9.47 Å². The third-order valence-electron chi connectivity index (χ3n) is 3.57. The normalized spacial score (nSPS) is 14.8. The van der Waals surface area contributed by atoms with Crippen LogP contribution in [-0.4, -0.2) is 13.2 Å². The second-order valence-corrected chi connectivity index (χ2v) is 5.14. The first-order valence-electron chi connectivity index (χ1n) is 7.10. The fourth-order valence-corrected chi connectivity index (χ4v) is 2.36. The molecule has 0 aromatic heterocycles. The molecule has 1 heterocycles. The molecular formula is C17H18FNO2. The van der Waals surface area contributed by atoms with Crippen molar-refractivity contribution in [2.75, 3.05) is 13.2 Å². The molecule has 3 nitrogen and oxygen atoms in total. The van der Waals surface area contributed by atoms with E-state index in [1.54, 1.807) is 12.1 Å². The van der Waals surface area contributed by atoms with E-state index in [0.29, 0.717) is 19.8 Å². The van der Waals surface area contributed by atoms with Gasteiger partial charge >= 0.3 is 0 Å². The van der Waals surface area contributed by atoms with Crippen LogP contribution < -0.4 is 14.8 Å². The van der Waals surface area contributed by atoms with Gasteiger partial charge in [-0.25, -0.2) is 4.39 Å². The molecule has 2 aromatic rings. The molecule has 1 atom stereocenters. The summed E-state index contributed by atoms with van der Waals surface area (Å²) in [5, 5.41) is 3.39. The van der Waals surface area contributed by atoms with Crippen molar-refractivity contribution in [1.82, 2.24) is 5.32 Å². The maximum Gasteiger partial charge on any atom is 0.161 e. The Balaban J connectivity index is 1.64. The van der Waals surface area contributed by atoms with Crippen LogP contribution >= 0.6 is 0 Å². The van der Waals surface area contributed by atoms with Crippen LogP contribution in [-0.2, 0) is 6.54 Å². The molecule has 0 aliphatic carbocycles. The standard InChI is InChI=1S/C17H18FNO2/c1-12(14-3-2-4-15(18)10-14)19-11-13-5-6-16-17(9-13)21-8-7-20-16/h2-6,9-10,12,19H,7-8,11H2,1H3/t12-/m0/s1. The minimum atomic E-state index is -0.208. The first-order valence-corrected chi connectivity index (χ1v) is 7.10. The molecule has 0 bridgehead atoms. The highest BCUT2D eigenvalue weighted by Crippen LogP contribution is 2.30. The first-order chi connectivity index (χ1) is 10.2. The number of fused-ring (bicyclic) bond motifs is 1. The van der Waals surface area contributed by atoms with Gasteiger partial charge in [0.1, 0.15) is 19.0 Å². The molecule has 0 saturated carbocycles. The minimum Gasteiger partial charge on any atom is -0.486 e. The molecule has 21 heavy (non-hydrogen) atoms. The van der Waals surface area contributed by atoms with Crippen molar-refractivity contribution in [3.63, 3.8) is 0 Å². The van der Waals surface area contributed by atoms with Gasteiger partial charge < -0.3 is 14.8 Å². The maximum atomic E-state index is 13.2. The third-order valence-corrected chi connectivity index (χ3v) is 3.57. The van der Waals surface area contributed by atoms with E-state index in [9.17, 15) is 4.39 Å². The lowest BCUT2D eigenvalue weighted by Crippen LogP contribution is -2.19. The Kier molecular flexibility index (Phi) is 4.06. The summed E-state index contributed by atoms with van der Waals surface area (Å²) in [5.74, 6) is 1.38. The number of hydrogen-bond acceptors (Lipinski definition) is 3. The Bertz CT molecular complexity index is 630. The molecule has 1 aliphatic rings. The summed E-state index contributed by atoms with van der Waals surface area (Å²) < 4.78 is 24.3. The smallest absolute Gasteiger partial charge is 0.161 e. The molecule has 0 radical (unpaired) electrons. The highest BCUT2D eigenvalue weighted by atomic mass is 19.1. The predicted octanol–water partition coefficient (Wildman–Crippen LogP) is 3.45. The quantitative estimate of drug-likeness (QED) is 0.934. The van der Waals surface area contributed by atoms with Gasteiger partial charge in [0.05, 0.1) is 0 Å². The summed E-state index contributed by atoms with van der Waals surface area (Å²) in [6.07, 6.45) is 0. The van der Waals surface area contributed by atoms with Crippen molar-refractivity contribution >= 4 is 0 Å². The van der Waals surface area contributed by atoms with E-state index < -0.39 is 0 Å². The average Bonchev–Trinajstić information content (AvgIpc) is 2.52. The van der Waals surface area contributed by atoms with Crippen LogP contribution in [0.15, 0.2) is 42.5 Å².